The first kappa shape index (κ1) is 12.3. The Morgan fingerprint density at radius 2 is 2.00 bits per heavy atom. The maximum atomic E-state index is 5.69. The zero-order valence-electron chi connectivity index (χ0n) is 10.8. The molecule has 2 N–H and O–H groups in total. The zero-order valence-corrected chi connectivity index (χ0v) is 10.8. The van der Waals surface area contributed by atoms with Crippen molar-refractivity contribution in [1.29, 1.82) is 0 Å². The summed E-state index contributed by atoms with van der Waals surface area (Å²) in [6.45, 7) is 3.98. The number of hydrogen-bond donors (Lipinski definition) is 1. The summed E-state index contributed by atoms with van der Waals surface area (Å²) in [4.78, 5) is 12.6. The van der Waals surface area contributed by atoms with E-state index >= 15 is 0 Å². The van der Waals surface area contributed by atoms with Gasteiger partial charge in [0.25, 0.3) is 0 Å². The van der Waals surface area contributed by atoms with Crippen LogP contribution in [0.3, 0.4) is 0 Å². The first-order valence-electron chi connectivity index (χ1n) is 5.79. The molecule has 94 valence electrons. The Bertz CT molecular complexity index is 569. The van der Waals surface area contributed by atoms with E-state index in [9.17, 15) is 0 Å². The van der Waals surface area contributed by atoms with Gasteiger partial charge in [0.05, 0.1) is 12.7 Å². The van der Waals surface area contributed by atoms with E-state index in [4.69, 9.17) is 10.5 Å². The molecule has 0 saturated heterocycles. The molecule has 0 aliphatic carbocycles. The molecule has 5 nitrogen and oxygen atoms in total. The fourth-order valence-corrected chi connectivity index (χ4v) is 1.70. The largest absolute Gasteiger partial charge is 0.496 e. The van der Waals surface area contributed by atoms with Crippen LogP contribution in [-0.2, 0) is 6.42 Å². The van der Waals surface area contributed by atoms with Crippen molar-refractivity contribution in [1.82, 2.24) is 15.0 Å². The van der Waals surface area contributed by atoms with Crippen molar-refractivity contribution in [2.75, 3.05) is 12.8 Å². The highest BCUT2D eigenvalue weighted by molar-refractivity contribution is 5.65. The van der Waals surface area contributed by atoms with E-state index < -0.39 is 0 Å². The minimum Gasteiger partial charge on any atom is -0.496 e. The molecule has 18 heavy (non-hydrogen) atoms. The number of nitrogen functional groups attached to an aromatic ring is 1. The molecule has 0 atom stereocenters. The van der Waals surface area contributed by atoms with E-state index in [1.165, 1.54) is 0 Å². The minimum atomic E-state index is 0.236. The van der Waals surface area contributed by atoms with Crippen LogP contribution in [0.15, 0.2) is 18.2 Å². The maximum absolute atomic E-state index is 5.69. The molecule has 0 aliphatic rings. The number of nitrogens with zero attached hydrogens (tertiary/aromatic N) is 3. The molecule has 2 aromatic rings. The number of rotatable bonds is 3. The molecule has 0 radical (unpaired) electrons. The average molecular weight is 244 g/mol. The molecule has 0 spiro atoms. The summed E-state index contributed by atoms with van der Waals surface area (Å²) in [5, 5.41) is 0. The van der Waals surface area contributed by atoms with Crippen molar-refractivity contribution in [2.45, 2.75) is 20.3 Å². The number of hydrogen-bond acceptors (Lipinski definition) is 5. The highest BCUT2D eigenvalue weighted by atomic mass is 16.5. The lowest BCUT2D eigenvalue weighted by Crippen LogP contribution is -2.04. The molecular weight excluding hydrogens is 228 g/mol. The Morgan fingerprint density at radius 1 is 1.22 bits per heavy atom. The van der Waals surface area contributed by atoms with Gasteiger partial charge in [0.15, 0.2) is 5.82 Å². The first-order valence-corrected chi connectivity index (χ1v) is 5.79. The van der Waals surface area contributed by atoms with Crippen LogP contribution in [0.5, 0.6) is 5.75 Å². The van der Waals surface area contributed by atoms with Crippen LogP contribution >= 0.6 is 0 Å². The SMILES string of the molecule is CCc1nc(N)nc(-c2ccc(C)cc2OC)n1. The Labute approximate surface area is 106 Å². The first-order chi connectivity index (χ1) is 8.63. The lowest BCUT2D eigenvalue weighted by Gasteiger charge is -2.09. The van der Waals surface area contributed by atoms with Crippen LogP contribution in [0.25, 0.3) is 11.4 Å². The van der Waals surface area contributed by atoms with Gasteiger partial charge in [-0.05, 0) is 24.6 Å². The third-order valence-corrected chi connectivity index (χ3v) is 2.61. The highest BCUT2D eigenvalue weighted by Gasteiger charge is 2.11. The molecular formula is C13H16N4O. The third kappa shape index (κ3) is 2.40. The van der Waals surface area contributed by atoms with Crippen molar-refractivity contribution in [3.05, 3.63) is 29.6 Å². The van der Waals surface area contributed by atoms with Crippen LogP contribution in [0.2, 0.25) is 0 Å². The van der Waals surface area contributed by atoms with Gasteiger partial charge in [0, 0.05) is 6.42 Å². The smallest absolute Gasteiger partial charge is 0.223 e. The topological polar surface area (TPSA) is 73.9 Å². The molecule has 0 unspecified atom stereocenters. The number of ether oxygens (including phenoxy) is 1. The van der Waals surface area contributed by atoms with Crippen LogP contribution in [0, 0.1) is 6.92 Å². The average Bonchev–Trinajstić information content (AvgIpc) is 2.37. The van der Waals surface area contributed by atoms with Gasteiger partial charge in [-0.25, -0.2) is 4.98 Å². The van der Waals surface area contributed by atoms with Crippen LogP contribution in [-0.4, -0.2) is 22.1 Å². The number of aryl methyl sites for hydroxylation is 2. The van der Waals surface area contributed by atoms with Crippen LogP contribution in [0.1, 0.15) is 18.3 Å². The predicted octanol–water partition coefficient (Wildman–Crippen LogP) is 2.00. The summed E-state index contributed by atoms with van der Waals surface area (Å²) in [6.07, 6.45) is 0.716. The molecule has 0 bridgehead atoms. The molecule has 0 amide bonds. The number of aromatic nitrogens is 3. The second-order valence-corrected chi connectivity index (χ2v) is 3.99. The molecule has 0 aliphatic heterocycles. The Morgan fingerprint density at radius 3 is 2.67 bits per heavy atom. The lowest BCUT2D eigenvalue weighted by molar-refractivity contribution is 0.416. The summed E-state index contributed by atoms with van der Waals surface area (Å²) < 4.78 is 5.35. The highest BCUT2D eigenvalue weighted by Crippen LogP contribution is 2.28. The number of methoxy groups -OCH3 is 1. The Kier molecular flexibility index (Phi) is 3.41. The van der Waals surface area contributed by atoms with Crippen molar-refractivity contribution >= 4 is 5.95 Å². The summed E-state index contributed by atoms with van der Waals surface area (Å²) >= 11 is 0. The maximum Gasteiger partial charge on any atom is 0.223 e. The van der Waals surface area contributed by atoms with E-state index in [-0.39, 0.29) is 5.95 Å². The van der Waals surface area contributed by atoms with Crippen molar-refractivity contribution < 1.29 is 4.74 Å². The molecule has 1 heterocycles. The standard InChI is InChI=1S/C13H16N4O/c1-4-11-15-12(17-13(14)16-11)9-6-5-8(2)7-10(9)18-3/h5-7H,4H2,1-3H3,(H2,14,15,16,17). The summed E-state index contributed by atoms with van der Waals surface area (Å²) in [5.74, 6) is 2.21. The second-order valence-electron chi connectivity index (χ2n) is 3.99. The van der Waals surface area contributed by atoms with E-state index in [0.29, 0.717) is 18.1 Å². The zero-order chi connectivity index (χ0) is 13.1. The Hall–Kier alpha value is -2.17. The van der Waals surface area contributed by atoms with Crippen LogP contribution in [0.4, 0.5) is 5.95 Å². The summed E-state index contributed by atoms with van der Waals surface area (Å²) in [6, 6.07) is 5.87. The molecule has 0 fully saturated rings. The third-order valence-electron chi connectivity index (χ3n) is 2.61. The van der Waals surface area contributed by atoms with E-state index in [2.05, 4.69) is 15.0 Å². The van der Waals surface area contributed by atoms with Crippen molar-refractivity contribution in [3.8, 4) is 17.1 Å². The summed E-state index contributed by atoms with van der Waals surface area (Å²) in [5.41, 5.74) is 7.64. The van der Waals surface area contributed by atoms with Gasteiger partial charge in [-0.1, -0.05) is 13.0 Å². The molecule has 2 rings (SSSR count). The summed E-state index contributed by atoms with van der Waals surface area (Å²) in [7, 11) is 1.63. The van der Waals surface area contributed by atoms with Gasteiger partial charge in [-0.15, -0.1) is 0 Å². The van der Waals surface area contributed by atoms with Gasteiger partial charge >= 0.3 is 0 Å². The van der Waals surface area contributed by atoms with Gasteiger partial charge < -0.3 is 10.5 Å². The minimum absolute atomic E-state index is 0.236. The fourth-order valence-electron chi connectivity index (χ4n) is 1.70. The molecule has 1 aromatic heterocycles. The van der Waals surface area contributed by atoms with Crippen molar-refractivity contribution in [3.63, 3.8) is 0 Å². The normalized spacial score (nSPS) is 10.4. The molecule has 5 heteroatoms. The quantitative estimate of drug-likeness (QED) is 0.893. The second kappa shape index (κ2) is 5.00. The van der Waals surface area contributed by atoms with Gasteiger partial charge in [-0.3, -0.25) is 0 Å². The van der Waals surface area contributed by atoms with E-state index in [0.717, 1.165) is 16.9 Å². The lowest BCUT2D eigenvalue weighted by atomic mass is 10.1. The number of benzene rings is 1. The van der Waals surface area contributed by atoms with Gasteiger partial charge in [-0.2, -0.15) is 9.97 Å². The van der Waals surface area contributed by atoms with Crippen molar-refractivity contribution in [2.24, 2.45) is 0 Å². The van der Waals surface area contributed by atoms with Gasteiger partial charge in [0.2, 0.25) is 5.95 Å². The predicted molar refractivity (Wildman–Crippen MR) is 70.3 cm³/mol. The fraction of sp³-hybridized carbons (Fsp3) is 0.308. The van der Waals surface area contributed by atoms with E-state index in [1.54, 1.807) is 7.11 Å². The van der Waals surface area contributed by atoms with E-state index in [1.807, 2.05) is 32.0 Å². The molecule has 0 saturated carbocycles. The van der Waals surface area contributed by atoms with Crippen LogP contribution < -0.4 is 10.5 Å². The Balaban J connectivity index is 2.57. The molecule has 1 aromatic carbocycles. The van der Waals surface area contributed by atoms with Gasteiger partial charge in [0.1, 0.15) is 11.6 Å². The number of nitrogens with two attached hydrogens (primary N) is 1. The number of anilines is 1. The monoisotopic (exact) mass is 244 g/mol.